The maximum Gasteiger partial charge on any atom is 0.418 e. The van der Waals surface area contributed by atoms with Gasteiger partial charge in [-0.2, -0.15) is 18.4 Å². The number of carboxylic acid groups (broad SMARTS) is 1. The zero-order chi connectivity index (χ0) is 19.9. The first-order valence-electron chi connectivity index (χ1n) is 7.81. The molecule has 8 heteroatoms. The van der Waals surface area contributed by atoms with Crippen LogP contribution < -0.4 is 4.90 Å². The van der Waals surface area contributed by atoms with Crippen molar-refractivity contribution in [1.29, 1.82) is 5.26 Å². The predicted molar refractivity (Wildman–Crippen MR) is 94.3 cm³/mol. The number of hydrogen-bond donors (Lipinski definition) is 1. The number of nitrogens with zero attached hydrogens (tertiary/aromatic N) is 3. The second-order valence-electron chi connectivity index (χ2n) is 6.16. The molecule has 0 aliphatic rings. The number of rotatable bonds is 3. The van der Waals surface area contributed by atoms with Gasteiger partial charge in [0.25, 0.3) is 0 Å². The Morgan fingerprint density at radius 2 is 1.81 bits per heavy atom. The number of hydrogen-bond acceptors (Lipinski definition) is 3. The van der Waals surface area contributed by atoms with E-state index < -0.39 is 17.7 Å². The van der Waals surface area contributed by atoms with E-state index >= 15 is 0 Å². The predicted octanol–water partition coefficient (Wildman–Crippen LogP) is 4.29. The minimum atomic E-state index is -4.57. The van der Waals surface area contributed by atoms with Crippen LogP contribution in [0.15, 0.2) is 42.6 Å². The third kappa shape index (κ3) is 3.19. The zero-order valence-electron chi connectivity index (χ0n) is 14.4. The fourth-order valence-electron chi connectivity index (χ4n) is 2.92. The van der Waals surface area contributed by atoms with Gasteiger partial charge in [0.05, 0.1) is 22.2 Å². The Balaban J connectivity index is 2.31. The van der Waals surface area contributed by atoms with Crippen LogP contribution in [0.5, 0.6) is 0 Å². The number of nitriles is 1. The van der Waals surface area contributed by atoms with E-state index in [4.69, 9.17) is 5.11 Å². The maximum absolute atomic E-state index is 13.5. The van der Waals surface area contributed by atoms with Gasteiger partial charge in [0.1, 0.15) is 6.07 Å². The van der Waals surface area contributed by atoms with Crippen LogP contribution in [0.4, 0.5) is 18.9 Å². The summed E-state index contributed by atoms with van der Waals surface area (Å²) in [6.07, 6.45) is -3.12. The largest absolute Gasteiger partial charge is 0.478 e. The first kappa shape index (κ1) is 18.3. The van der Waals surface area contributed by atoms with Crippen LogP contribution in [0.1, 0.15) is 21.5 Å². The Morgan fingerprint density at radius 3 is 2.30 bits per heavy atom. The quantitative estimate of drug-likeness (QED) is 0.744. The molecule has 0 fully saturated rings. The van der Waals surface area contributed by atoms with Crippen molar-refractivity contribution in [3.63, 3.8) is 0 Å². The Hall–Kier alpha value is -3.47. The van der Waals surface area contributed by atoms with Crippen molar-refractivity contribution >= 4 is 22.6 Å². The molecule has 1 N–H and O–H groups in total. The molecular formula is C19H14F3N3O2. The number of carbonyl (C=O) groups is 1. The summed E-state index contributed by atoms with van der Waals surface area (Å²) < 4.78 is 42.1. The van der Waals surface area contributed by atoms with E-state index in [1.807, 2.05) is 6.07 Å². The second kappa shape index (κ2) is 6.36. The van der Waals surface area contributed by atoms with E-state index in [2.05, 4.69) is 0 Å². The summed E-state index contributed by atoms with van der Waals surface area (Å²) in [4.78, 5) is 12.3. The molecule has 0 bridgehead atoms. The van der Waals surface area contributed by atoms with Gasteiger partial charge in [-0.15, -0.1) is 0 Å². The Labute approximate surface area is 152 Å². The number of carboxylic acids is 1. The highest BCUT2D eigenvalue weighted by Gasteiger charge is 2.35. The van der Waals surface area contributed by atoms with Gasteiger partial charge in [-0.1, -0.05) is 0 Å². The average molecular weight is 373 g/mol. The SMILES string of the molecule is CN(C)c1cc2c(C#N)cn(-c3ccc(C(=O)O)cc3)c2cc1C(F)(F)F. The normalized spacial score (nSPS) is 11.4. The summed E-state index contributed by atoms with van der Waals surface area (Å²) in [5.74, 6) is -1.10. The number of halogens is 3. The third-order valence-electron chi connectivity index (χ3n) is 4.22. The number of benzene rings is 2. The molecule has 0 atom stereocenters. The number of alkyl halides is 3. The van der Waals surface area contributed by atoms with Crippen LogP contribution in [0, 0.1) is 11.3 Å². The lowest BCUT2D eigenvalue weighted by Gasteiger charge is -2.20. The first-order chi connectivity index (χ1) is 12.6. The number of aromatic nitrogens is 1. The van der Waals surface area contributed by atoms with E-state index in [-0.39, 0.29) is 22.3 Å². The summed E-state index contributed by atoms with van der Waals surface area (Å²) in [5, 5.41) is 18.8. The molecule has 0 aliphatic carbocycles. The van der Waals surface area contributed by atoms with Gasteiger partial charge < -0.3 is 14.6 Å². The van der Waals surface area contributed by atoms with Crippen molar-refractivity contribution in [3.05, 3.63) is 59.3 Å². The molecule has 0 amide bonds. The van der Waals surface area contributed by atoms with Crippen molar-refractivity contribution in [2.75, 3.05) is 19.0 Å². The average Bonchev–Trinajstić information content (AvgIpc) is 2.97. The highest BCUT2D eigenvalue weighted by molar-refractivity contribution is 5.92. The summed E-state index contributed by atoms with van der Waals surface area (Å²) in [6.45, 7) is 0. The van der Waals surface area contributed by atoms with Crippen molar-refractivity contribution in [2.24, 2.45) is 0 Å². The van der Waals surface area contributed by atoms with Crippen molar-refractivity contribution < 1.29 is 23.1 Å². The van der Waals surface area contributed by atoms with Crippen LogP contribution in [0.25, 0.3) is 16.6 Å². The fraction of sp³-hybridized carbons (Fsp3) is 0.158. The van der Waals surface area contributed by atoms with Gasteiger partial charge in [0.2, 0.25) is 0 Å². The molecule has 0 saturated carbocycles. The Morgan fingerprint density at radius 1 is 1.19 bits per heavy atom. The van der Waals surface area contributed by atoms with Crippen LogP contribution in [0.2, 0.25) is 0 Å². The number of aromatic carboxylic acids is 1. The molecule has 138 valence electrons. The minimum Gasteiger partial charge on any atom is -0.478 e. The molecule has 0 spiro atoms. The Kier molecular flexibility index (Phi) is 4.31. The summed E-state index contributed by atoms with van der Waals surface area (Å²) in [6, 6.07) is 10.0. The first-order valence-corrected chi connectivity index (χ1v) is 7.81. The second-order valence-corrected chi connectivity index (χ2v) is 6.16. The van der Waals surface area contributed by atoms with Gasteiger partial charge in [-0.3, -0.25) is 0 Å². The zero-order valence-corrected chi connectivity index (χ0v) is 14.4. The van der Waals surface area contributed by atoms with E-state index in [0.29, 0.717) is 11.1 Å². The monoisotopic (exact) mass is 373 g/mol. The smallest absolute Gasteiger partial charge is 0.418 e. The van der Waals surface area contributed by atoms with Crippen LogP contribution in [-0.2, 0) is 6.18 Å². The van der Waals surface area contributed by atoms with Gasteiger partial charge in [0, 0.05) is 37.1 Å². The minimum absolute atomic E-state index is 0.0366. The van der Waals surface area contributed by atoms with E-state index in [0.717, 1.165) is 6.07 Å². The number of fused-ring (bicyclic) bond motifs is 1. The molecule has 0 saturated heterocycles. The van der Waals surface area contributed by atoms with Gasteiger partial charge in [-0.05, 0) is 36.4 Å². The summed E-state index contributed by atoms with van der Waals surface area (Å²) >= 11 is 0. The molecule has 5 nitrogen and oxygen atoms in total. The summed E-state index contributed by atoms with van der Waals surface area (Å²) in [5.41, 5.74) is 0.104. The highest BCUT2D eigenvalue weighted by Crippen LogP contribution is 2.40. The molecule has 3 aromatic rings. The highest BCUT2D eigenvalue weighted by atomic mass is 19.4. The van der Waals surface area contributed by atoms with Gasteiger partial charge >= 0.3 is 12.1 Å². The lowest BCUT2D eigenvalue weighted by molar-refractivity contribution is -0.137. The standard InChI is InChI=1S/C19H14F3N3O2/c1-24(2)17-7-14-12(9-23)10-25(16(14)8-15(17)19(20,21)22)13-5-3-11(4-6-13)18(26)27/h3-8,10H,1-2H3,(H,26,27). The van der Waals surface area contributed by atoms with Gasteiger partial charge in [0.15, 0.2) is 0 Å². The molecule has 27 heavy (non-hydrogen) atoms. The molecule has 0 radical (unpaired) electrons. The van der Waals surface area contributed by atoms with Crippen LogP contribution in [-0.4, -0.2) is 29.7 Å². The molecule has 2 aromatic carbocycles. The molecule has 1 aromatic heterocycles. The van der Waals surface area contributed by atoms with Gasteiger partial charge in [-0.25, -0.2) is 4.79 Å². The molecule has 1 heterocycles. The fourth-order valence-corrected chi connectivity index (χ4v) is 2.92. The molecule has 0 unspecified atom stereocenters. The molecule has 0 aliphatic heterocycles. The molecule has 3 rings (SSSR count). The maximum atomic E-state index is 13.5. The van der Waals surface area contributed by atoms with E-state index in [9.17, 15) is 23.2 Å². The van der Waals surface area contributed by atoms with Crippen molar-refractivity contribution in [1.82, 2.24) is 4.57 Å². The lowest BCUT2D eigenvalue weighted by atomic mass is 10.1. The third-order valence-corrected chi connectivity index (χ3v) is 4.22. The van der Waals surface area contributed by atoms with Crippen LogP contribution >= 0.6 is 0 Å². The van der Waals surface area contributed by atoms with Crippen molar-refractivity contribution in [3.8, 4) is 11.8 Å². The van der Waals surface area contributed by atoms with Crippen molar-refractivity contribution in [2.45, 2.75) is 6.18 Å². The van der Waals surface area contributed by atoms with E-state index in [1.165, 1.54) is 60.1 Å². The number of anilines is 1. The summed E-state index contributed by atoms with van der Waals surface area (Å²) in [7, 11) is 3.01. The Bertz CT molecular complexity index is 1070. The van der Waals surface area contributed by atoms with E-state index in [1.54, 1.807) is 0 Å². The molecular weight excluding hydrogens is 359 g/mol. The van der Waals surface area contributed by atoms with Crippen LogP contribution in [0.3, 0.4) is 0 Å². The topological polar surface area (TPSA) is 69.3 Å². The lowest BCUT2D eigenvalue weighted by Crippen LogP contribution is -2.16.